The van der Waals surface area contributed by atoms with Crippen LogP contribution in [0.4, 0.5) is 0 Å². The summed E-state index contributed by atoms with van der Waals surface area (Å²) in [6.45, 7) is 4.15. The third kappa shape index (κ3) is 3.49. The average Bonchev–Trinajstić information content (AvgIpc) is 2.28. The molecule has 0 aliphatic heterocycles. The van der Waals surface area contributed by atoms with Gasteiger partial charge < -0.3 is 11.1 Å². The van der Waals surface area contributed by atoms with E-state index in [-0.39, 0.29) is 11.9 Å². The predicted octanol–water partition coefficient (Wildman–Crippen LogP) is 1.81. The van der Waals surface area contributed by atoms with E-state index in [1.807, 2.05) is 6.92 Å². The Balaban J connectivity index is 2.44. The molecule has 0 radical (unpaired) electrons. The first-order valence-corrected chi connectivity index (χ1v) is 6.25. The molecule has 3 nitrogen and oxygen atoms in total. The lowest BCUT2D eigenvalue weighted by atomic mass is 9.83. The molecule has 1 fully saturated rings. The molecule has 1 aliphatic rings. The molecule has 0 saturated heterocycles. The van der Waals surface area contributed by atoms with Gasteiger partial charge >= 0.3 is 0 Å². The standard InChI is InChI=1S/C12H24N2O/c1-3-9-7-5-6-8-11(9)14-12(15)10(13)4-2/h9-11H,3-8,13H2,1-2H3,(H,14,15)/t9?,10-,11?/m0/s1. The van der Waals surface area contributed by atoms with Gasteiger partial charge in [0.1, 0.15) is 0 Å². The summed E-state index contributed by atoms with van der Waals surface area (Å²) in [5.74, 6) is 0.689. The summed E-state index contributed by atoms with van der Waals surface area (Å²) in [5.41, 5.74) is 5.71. The van der Waals surface area contributed by atoms with Gasteiger partial charge in [0, 0.05) is 6.04 Å². The maximum absolute atomic E-state index is 11.7. The molecule has 0 aromatic carbocycles. The van der Waals surface area contributed by atoms with E-state index in [4.69, 9.17) is 5.73 Å². The minimum Gasteiger partial charge on any atom is -0.352 e. The number of carbonyl (C=O) groups is 1. The third-order valence-corrected chi connectivity index (χ3v) is 3.54. The molecule has 0 heterocycles. The van der Waals surface area contributed by atoms with Gasteiger partial charge in [-0.2, -0.15) is 0 Å². The highest BCUT2D eigenvalue weighted by Crippen LogP contribution is 2.26. The number of hydrogen-bond acceptors (Lipinski definition) is 2. The van der Waals surface area contributed by atoms with Crippen molar-refractivity contribution in [2.45, 2.75) is 64.5 Å². The molecule has 0 aromatic rings. The number of nitrogens with one attached hydrogen (secondary N) is 1. The van der Waals surface area contributed by atoms with Crippen LogP contribution < -0.4 is 11.1 Å². The van der Waals surface area contributed by atoms with Gasteiger partial charge in [-0.25, -0.2) is 0 Å². The Bertz CT molecular complexity index is 206. The van der Waals surface area contributed by atoms with Gasteiger partial charge in [0.05, 0.1) is 6.04 Å². The Morgan fingerprint density at radius 1 is 1.40 bits per heavy atom. The van der Waals surface area contributed by atoms with Crippen LogP contribution in [0.5, 0.6) is 0 Å². The molecule has 1 saturated carbocycles. The molecular formula is C12H24N2O. The first-order valence-electron chi connectivity index (χ1n) is 6.25. The third-order valence-electron chi connectivity index (χ3n) is 3.54. The van der Waals surface area contributed by atoms with Gasteiger partial charge in [-0.15, -0.1) is 0 Å². The number of carbonyl (C=O) groups excluding carboxylic acids is 1. The molecule has 2 unspecified atom stereocenters. The molecular weight excluding hydrogens is 188 g/mol. The monoisotopic (exact) mass is 212 g/mol. The zero-order valence-electron chi connectivity index (χ0n) is 9.96. The van der Waals surface area contributed by atoms with Gasteiger partial charge in [-0.3, -0.25) is 4.79 Å². The summed E-state index contributed by atoms with van der Waals surface area (Å²) in [7, 11) is 0. The first-order chi connectivity index (χ1) is 7.19. The molecule has 3 atom stereocenters. The first kappa shape index (κ1) is 12.5. The molecule has 15 heavy (non-hydrogen) atoms. The second-order valence-electron chi connectivity index (χ2n) is 4.58. The maximum atomic E-state index is 11.7. The molecule has 1 amide bonds. The van der Waals surface area contributed by atoms with E-state index in [1.54, 1.807) is 0 Å². The molecule has 0 spiro atoms. The smallest absolute Gasteiger partial charge is 0.237 e. The molecule has 1 rings (SSSR count). The Hall–Kier alpha value is -0.570. The summed E-state index contributed by atoms with van der Waals surface area (Å²) < 4.78 is 0. The van der Waals surface area contributed by atoms with E-state index in [0.717, 1.165) is 19.3 Å². The number of rotatable bonds is 4. The molecule has 1 aliphatic carbocycles. The van der Waals surface area contributed by atoms with E-state index in [0.29, 0.717) is 12.0 Å². The Morgan fingerprint density at radius 2 is 2.07 bits per heavy atom. The summed E-state index contributed by atoms with van der Waals surface area (Å²) in [6.07, 6.45) is 6.80. The van der Waals surface area contributed by atoms with Crippen LogP contribution in [0.3, 0.4) is 0 Å². The van der Waals surface area contributed by atoms with E-state index in [2.05, 4.69) is 12.2 Å². The van der Waals surface area contributed by atoms with Crippen molar-refractivity contribution in [3.05, 3.63) is 0 Å². The van der Waals surface area contributed by atoms with Crippen LogP contribution >= 0.6 is 0 Å². The topological polar surface area (TPSA) is 55.1 Å². The van der Waals surface area contributed by atoms with Crippen LogP contribution in [0.1, 0.15) is 52.4 Å². The minimum absolute atomic E-state index is 0.0304. The maximum Gasteiger partial charge on any atom is 0.237 e. The second-order valence-corrected chi connectivity index (χ2v) is 4.58. The van der Waals surface area contributed by atoms with Crippen molar-refractivity contribution < 1.29 is 4.79 Å². The van der Waals surface area contributed by atoms with Gasteiger partial charge in [0.15, 0.2) is 0 Å². The highest BCUT2D eigenvalue weighted by molar-refractivity contribution is 5.81. The quantitative estimate of drug-likeness (QED) is 0.746. The molecule has 3 heteroatoms. The van der Waals surface area contributed by atoms with Crippen molar-refractivity contribution in [3.63, 3.8) is 0 Å². The fourth-order valence-electron chi connectivity index (χ4n) is 2.36. The fourth-order valence-corrected chi connectivity index (χ4v) is 2.36. The zero-order valence-corrected chi connectivity index (χ0v) is 9.96. The van der Waals surface area contributed by atoms with Gasteiger partial charge in [0.25, 0.3) is 0 Å². The summed E-state index contributed by atoms with van der Waals surface area (Å²) >= 11 is 0. The predicted molar refractivity (Wildman–Crippen MR) is 62.4 cm³/mol. The van der Waals surface area contributed by atoms with Gasteiger partial charge in [-0.05, 0) is 25.2 Å². The van der Waals surface area contributed by atoms with Gasteiger partial charge in [-0.1, -0.05) is 33.1 Å². The lowest BCUT2D eigenvalue weighted by Gasteiger charge is -2.32. The van der Waals surface area contributed by atoms with Crippen LogP contribution in [-0.2, 0) is 4.79 Å². The average molecular weight is 212 g/mol. The molecule has 0 aromatic heterocycles. The summed E-state index contributed by atoms with van der Waals surface area (Å²) in [5, 5.41) is 3.11. The van der Waals surface area contributed by atoms with Crippen molar-refractivity contribution in [1.82, 2.24) is 5.32 Å². The largest absolute Gasteiger partial charge is 0.352 e. The fraction of sp³-hybridized carbons (Fsp3) is 0.917. The molecule has 0 bridgehead atoms. The van der Waals surface area contributed by atoms with E-state index in [9.17, 15) is 4.79 Å². The Morgan fingerprint density at radius 3 is 2.67 bits per heavy atom. The lowest BCUT2D eigenvalue weighted by molar-refractivity contribution is -0.123. The Labute approximate surface area is 92.8 Å². The highest BCUT2D eigenvalue weighted by Gasteiger charge is 2.26. The second kappa shape index (κ2) is 6.11. The molecule has 3 N–H and O–H groups in total. The van der Waals surface area contributed by atoms with Crippen molar-refractivity contribution in [1.29, 1.82) is 0 Å². The van der Waals surface area contributed by atoms with Crippen molar-refractivity contribution >= 4 is 5.91 Å². The van der Waals surface area contributed by atoms with E-state index >= 15 is 0 Å². The number of amides is 1. The number of hydrogen-bond donors (Lipinski definition) is 2. The van der Waals surface area contributed by atoms with E-state index in [1.165, 1.54) is 19.3 Å². The summed E-state index contributed by atoms with van der Waals surface area (Å²) in [4.78, 5) is 11.7. The summed E-state index contributed by atoms with van der Waals surface area (Å²) in [6, 6.07) is 0.0401. The highest BCUT2D eigenvalue weighted by atomic mass is 16.2. The SMILES string of the molecule is CCC1CCCCC1NC(=O)[C@@H](N)CC. The van der Waals surface area contributed by atoms with Crippen LogP contribution in [0, 0.1) is 5.92 Å². The minimum atomic E-state index is -0.329. The van der Waals surface area contributed by atoms with Crippen LogP contribution in [0.15, 0.2) is 0 Å². The normalized spacial score (nSPS) is 28.5. The van der Waals surface area contributed by atoms with Crippen molar-refractivity contribution in [2.24, 2.45) is 11.7 Å². The number of nitrogens with two attached hydrogens (primary N) is 1. The zero-order chi connectivity index (χ0) is 11.3. The Kier molecular flexibility index (Phi) is 5.09. The van der Waals surface area contributed by atoms with Gasteiger partial charge in [0.2, 0.25) is 5.91 Å². The van der Waals surface area contributed by atoms with Crippen LogP contribution in [0.25, 0.3) is 0 Å². The van der Waals surface area contributed by atoms with E-state index < -0.39 is 0 Å². The van der Waals surface area contributed by atoms with Crippen molar-refractivity contribution in [3.8, 4) is 0 Å². The van der Waals surface area contributed by atoms with Crippen LogP contribution in [-0.4, -0.2) is 18.0 Å². The lowest BCUT2D eigenvalue weighted by Crippen LogP contribution is -2.48. The van der Waals surface area contributed by atoms with Crippen LogP contribution in [0.2, 0.25) is 0 Å². The van der Waals surface area contributed by atoms with Crippen molar-refractivity contribution in [2.75, 3.05) is 0 Å². The molecule has 88 valence electrons.